The standard InChI is InChI=1S/C13H18ClNO2/c1-4-12(14)9(2)8-11-6-5-7-13(10(11)3)15(16)17/h5-7,9,12H,4,8H2,1-3H3. The van der Waals surface area contributed by atoms with Crippen LogP contribution in [0.15, 0.2) is 18.2 Å². The van der Waals surface area contributed by atoms with Crippen LogP contribution in [0, 0.1) is 23.0 Å². The molecule has 1 aromatic carbocycles. The molecule has 4 heteroatoms. The number of nitro benzene ring substituents is 1. The molecule has 2 unspecified atom stereocenters. The first-order valence-electron chi connectivity index (χ1n) is 5.84. The molecule has 0 saturated carbocycles. The number of nitrogens with zero attached hydrogens (tertiary/aromatic N) is 1. The van der Waals surface area contributed by atoms with Crippen molar-refractivity contribution in [1.29, 1.82) is 0 Å². The van der Waals surface area contributed by atoms with E-state index in [-0.39, 0.29) is 16.0 Å². The molecule has 0 aliphatic heterocycles. The first-order valence-corrected chi connectivity index (χ1v) is 6.28. The highest BCUT2D eigenvalue weighted by atomic mass is 35.5. The maximum Gasteiger partial charge on any atom is 0.272 e. The normalized spacial score (nSPS) is 14.4. The van der Waals surface area contributed by atoms with Crippen LogP contribution in [0.4, 0.5) is 5.69 Å². The number of halogens is 1. The smallest absolute Gasteiger partial charge is 0.258 e. The highest BCUT2D eigenvalue weighted by Crippen LogP contribution is 2.25. The van der Waals surface area contributed by atoms with Crippen molar-refractivity contribution >= 4 is 17.3 Å². The summed E-state index contributed by atoms with van der Waals surface area (Å²) in [5.41, 5.74) is 1.97. The summed E-state index contributed by atoms with van der Waals surface area (Å²) in [6.07, 6.45) is 1.70. The molecular weight excluding hydrogens is 238 g/mol. The van der Waals surface area contributed by atoms with Crippen molar-refractivity contribution in [2.24, 2.45) is 5.92 Å². The van der Waals surface area contributed by atoms with Crippen molar-refractivity contribution in [1.82, 2.24) is 0 Å². The average molecular weight is 256 g/mol. The van der Waals surface area contributed by atoms with Crippen LogP contribution < -0.4 is 0 Å². The van der Waals surface area contributed by atoms with Crippen LogP contribution in [0.2, 0.25) is 0 Å². The Morgan fingerprint density at radius 3 is 2.65 bits per heavy atom. The maximum absolute atomic E-state index is 10.8. The fraction of sp³-hybridized carbons (Fsp3) is 0.538. The van der Waals surface area contributed by atoms with Gasteiger partial charge in [-0.05, 0) is 31.2 Å². The third-order valence-corrected chi connectivity index (χ3v) is 3.90. The number of nitro groups is 1. The zero-order chi connectivity index (χ0) is 13.0. The van der Waals surface area contributed by atoms with Gasteiger partial charge in [0.15, 0.2) is 0 Å². The lowest BCUT2D eigenvalue weighted by atomic mass is 9.93. The zero-order valence-corrected chi connectivity index (χ0v) is 11.2. The van der Waals surface area contributed by atoms with Crippen molar-refractivity contribution in [3.63, 3.8) is 0 Å². The van der Waals surface area contributed by atoms with Gasteiger partial charge in [0.2, 0.25) is 0 Å². The first-order chi connectivity index (χ1) is 7.97. The van der Waals surface area contributed by atoms with E-state index in [2.05, 4.69) is 13.8 Å². The maximum atomic E-state index is 10.8. The van der Waals surface area contributed by atoms with E-state index in [1.165, 1.54) is 0 Å². The molecule has 0 aliphatic rings. The van der Waals surface area contributed by atoms with E-state index >= 15 is 0 Å². The lowest BCUT2D eigenvalue weighted by Gasteiger charge is -2.17. The second kappa shape index (κ2) is 6.01. The Labute approximate surface area is 107 Å². The summed E-state index contributed by atoms with van der Waals surface area (Å²) in [6.45, 7) is 5.93. The van der Waals surface area contributed by atoms with Crippen LogP contribution in [-0.2, 0) is 6.42 Å². The number of hydrogen-bond donors (Lipinski definition) is 0. The molecule has 0 saturated heterocycles. The van der Waals surface area contributed by atoms with E-state index in [1.807, 2.05) is 6.07 Å². The third kappa shape index (κ3) is 3.43. The summed E-state index contributed by atoms with van der Waals surface area (Å²) in [7, 11) is 0. The second-order valence-corrected chi connectivity index (χ2v) is 4.98. The minimum atomic E-state index is -0.332. The van der Waals surface area contributed by atoms with E-state index in [4.69, 9.17) is 11.6 Å². The van der Waals surface area contributed by atoms with Crippen molar-refractivity contribution in [3.8, 4) is 0 Å². The first kappa shape index (κ1) is 14.0. The van der Waals surface area contributed by atoms with Crippen LogP contribution in [0.1, 0.15) is 31.4 Å². The minimum Gasteiger partial charge on any atom is -0.258 e. The number of benzene rings is 1. The fourth-order valence-electron chi connectivity index (χ4n) is 1.97. The quantitative estimate of drug-likeness (QED) is 0.452. The summed E-state index contributed by atoms with van der Waals surface area (Å²) in [4.78, 5) is 10.5. The van der Waals surface area contributed by atoms with E-state index in [9.17, 15) is 10.1 Å². The molecule has 17 heavy (non-hydrogen) atoms. The predicted octanol–water partition coefficient (Wildman–Crippen LogP) is 4.10. The topological polar surface area (TPSA) is 43.1 Å². The monoisotopic (exact) mass is 255 g/mol. The van der Waals surface area contributed by atoms with Gasteiger partial charge in [0.05, 0.1) is 4.92 Å². The molecule has 0 N–H and O–H groups in total. The number of hydrogen-bond acceptors (Lipinski definition) is 2. The zero-order valence-electron chi connectivity index (χ0n) is 10.4. The SMILES string of the molecule is CCC(Cl)C(C)Cc1cccc([N+](=O)[O-])c1C. The van der Waals surface area contributed by atoms with Gasteiger partial charge in [0, 0.05) is 17.0 Å². The summed E-state index contributed by atoms with van der Waals surface area (Å²) >= 11 is 6.19. The summed E-state index contributed by atoms with van der Waals surface area (Å²) in [5, 5.41) is 10.9. The Bertz CT molecular complexity index is 406. The summed E-state index contributed by atoms with van der Waals surface area (Å²) in [5.74, 6) is 0.322. The van der Waals surface area contributed by atoms with Gasteiger partial charge in [-0.25, -0.2) is 0 Å². The highest BCUT2D eigenvalue weighted by Gasteiger charge is 2.18. The van der Waals surface area contributed by atoms with E-state index in [0.717, 1.165) is 24.0 Å². The molecule has 3 nitrogen and oxygen atoms in total. The van der Waals surface area contributed by atoms with Crippen molar-refractivity contribution < 1.29 is 4.92 Å². The number of rotatable bonds is 5. The van der Waals surface area contributed by atoms with Crippen LogP contribution in [0.3, 0.4) is 0 Å². The lowest BCUT2D eigenvalue weighted by Crippen LogP contribution is -2.14. The van der Waals surface area contributed by atoms with Crippen LogP contribution >= 0.6 is 11.6 Å². The minimum absolute atomic E-state index is 0.119. The predicted molar refractivity (Wildman–Crippen MR) is 70.6 cm³/mol. The van der Waals surface area contributed by atoms with Gasteiger partial charge in [-0.3, -0.25) is 10.1 Å². The van der Waals surface area contributed by atoms with Gasteiger partial charge < -0.3 is 0 Å². The average Bonchev–Trinajstić information content (AvgIpc) is 2.30. The molecule has 0 fully saturated rings. The van der Waals surface area contributed by atoms with E-state index < -0.39 is 0 Å². The van der Waals surface area contributed by atoms with Gasteiger partial charge in [0.25, 0.3) is 5.69 Å². The van der Waals surface area contributed by atoms with Gasteiger partial charge in [-0.2, -0.15) is 0 Å². The van der Waals surface area contributed by atoms with Gasteiger partial charge >= 0.3 is 0 Å². The Kier molecular flexibility index (Phi) is 4.94. The van der Waals surface area contributed by atoms with Gasteiger partial charge in [-0.15, -0.1) is 11.6 Å². The van der Waals surface area contributed by atoms with Gasteiger partial charge in [0.1, 0.15) is 0 Å². The molecule has 1 rings (SSSR count). The molecule has 0 bridgehead atoms. The van der Waals surface area contributed by atoms with Gasteiger partial charge in [-0.1, -0.05) is 26.0 Å². The Hall–Kier alpha value is -1.09. The van der Waals surface area contributed by atoms with Crippen molar-refractivity contribution in [2.45, 2.75) is 39.0 Å². The van der Waals surface area contributed by atoms with Crippen molar-refractivity contribution in [2.75, 3.05) is 0 Å². The van der Waals surface area contributed by atoms with Crippen LogP contribution in [0.25, 0.3) is 0 Å². The molecule has 94 valence electrons. The molecule has 0 radical (unpaired) electrons. The molecule has 2 atom stereocenters. The third-order valence-electron chi connectivity index (χ3n) is 3.16. The van der Waals surface area contributed by atoms with E-state index in [0.29, 0.717) is 5.92 Å². The Morgan fingerprint density at radius 2 is 2.12 bits per heavy atom. The lowest BCUT2D eigenvalue weighted by molar-refractivity contribution is -0.385. The second-order valence-electron chi connectivity index (χ2n) is 4.42. The number of alkyl halides is 1. The Morgan fingerprint density at radius 1 is 1.47 bits per heavy atom. The fourth-order valence-corrected chi connectivity index (χ4v) is 2.06. The van der Waals surface area contributed by atoms with Crippen LogP contribution in [-0.4, -0.2) is 10.3 Å². The van der Waals surface area contributed by atoms with Crippen molar-refractivity contribution in [3.05, 3.63) is 39.4 Å². The largest absolute Gasteiger partial charge is 0.272 e. The molecule has 0 amide bonds. The molecule has 0 heterocycles. The summed E-state index contributed by atoms with van der Waals surface area (Å²) < 4.78 is 0. The molecule has 0 aromatic heterocycles. The molecule has 1 aromatic rings. The summed E-state index contributed by atoms with van der Waals surface area (Å²) in [6, 6.07) is 5.22. The van der Waals surface area contributed by atoms with E-state index in [1.54, 1.807) is 19.1 Å². The van der Waals surface area contributed by atoms with Crippen LogP contribution in [0.5, 0.6) is 0 Å². The molecule has 0 spiro atoms. The molecule has 0 aliphatic carbocycles. The molecular formula is C13H18ClNO2. The highest BCUT2D eigenvalue weighted by molar-refractivity contribution is 6.20. The Balaban J connectivity index is 2.92.